The van der Waals surface area contributed by atoms with Gasteiger partial charge >= 0.3 is 0 Å². The summed E-state index contributed by atoms with van der Waals surface area (Å²) in [6.45, 7) is 4.32. The fraction of sp³-hybridized carbons (Fsp3) is 0.375. The first-order chi connectivity index (χ1) is 11.0. The zero-order valence-corrected chi connectivity index (χ0v) is 13.3. The summed E-state index contributed by atoms with van der Waals surface area (Å²) in [5.74, 6) is 0.463. The molecule has 23 heavy (non-hydrogen) atoms. The lowest BCUT2D eigenvalue weighted by Gasteiger charge is -2.30. The van der Waals surface area contributed by atoms with Gasteiger partial charge in [0.15, 0.2) is 0 Å². The van der Waals surface area contributed by atoms with E-state index in [1.54, 1.807) is 24.1 Å². The van der Waals surface area contributed by atoms with Crippen molar-refractivity contribution in [2.24, 2.45) is 0 Å². The topological polar surface area (TPSA) is 91.0 Å². The Morgan fingerprint density at radius 3 is 2.83 bits per heavy atom. The number of hydrogen-bond donors (Lipinski definition) is 2. The zero-order chi connectivity index (χ0) is 16.6. The van der Waals surface area contributed by atoms with Crippen LogP contribution in [0.3, 0.4) is 0 Å². The molecule has 0 spiro atoms. The van der Waals surface area contributed by atoms with Crippen LogP contribution in [0.5, 0.6) is 0 Å². The highest BCUT2D eigenvalue weighted by molar-refractivity contribution is 6.03. The Morgan fingerprint density at radius 2 is 2.13 bits per heavy atom. The summed E-state index contributed by atoms with van der Waals surface area (Å²) in [5, 5.41) is 9.55. The number of H-pyrrole nitrogens is 1. The van der Waals surface area contributed by atoms with Crippen LogP contribution in [0.2, 0.25) is 0 Å². The molecule has 0 aliphatic carbocycles. The van der Waals surface area contributed by atoms with Gasteiger partial charge in [-0.05, 0) is 11.6 Å². The Hall–Kier alpha value is -2.70. The van der Waals surface area contributed by atoms with E-state index in [4.69, 9.17) is 0 Å². The van der Waals surface area contributed by atoms with E-state index >= 15 is 0 Å². The minimum Gasteiger partial charge on any atom is -0.341 e. The molecule has 7 nitrogen and oxygen atoms in total. The molecule has 0 radical (unpaired) electrons. The van der Waals surface area contributed by atoms with Gasteiger partial charge in [0.05, 0.1) is 5.92 Å². The molecule has 1 unspecified atom stereocenters. The molecule has 1 aromatic heterocycles. The third-order valence-electron chi connectivity index (χ3n) is 3.97. The molecular weight excluding hydrogens is 294 g/mol. The minimum atomic E-state index is -0.435. The standard InChI is InChI=1S/C16H19N5O2/c1-9(2)13-17-16(20-19-13)18-14(22)12-8-21(3)15(23)11-7-5-4-6-10(11)12/h4-7,9,12H,8H2,1-3H3,(H2,17,18,19,20,22). The molecule has 2 aromatic rings. The summed E-state index contributed by atoms with van der Waals surface area (Å²) in [5.41, 5.74) is 1.31. The van der Waals surface area contributed by atoms with E-state index in [0.29, 0.717) is 12.1 Å². The summed E-state index contributed by atoms with van der Waals surface area (Å²) in [6.07, 6.45) is 0. The summed E-state index contributed by atoms with van der Waals surface area (Å²) in [6, 6.07) is 7.20. The molecule has 2 N–H and O–H groups in total. The predicted molar refractivity (Wildman–Crippen MR) is 85.2 cm³/mol. The smallest absolute Gasteiger partial charge is 0.253 e. The monoisotopic (exact) mass is 313 g/mol. The van der Waals surface area contributed by atoms with Crippen molar-refractivity contribution in [2.45, 2.75) is 25.7 Å². The number of aromatic amines is 1. The number of rotatable bonds is 3. The maximum Gasteiger partial charge on any atom is 0.253 e. The van der Waals surface area contributed by atoms with Gasteiger partial charge in [-0.3, -0.25) is 20.0 Å². The number of carbonyl (C=O) groups excluding carboxylic acids is 2. The molecule has 7 heteroatoms. The van der Waals surface area contributed by atoms with Crippen LogP contribution in [-0.2, 0) is 4.79 Å². The van der Waals surface area contributed by atoms with E-state index in [9.17, 15) is 9.59 Å². The van der Waals surface area contributed by atoms with Gasteiger partial charge in [-0.1, -0.05) is 32.0 Å². The van der Waals surface area contributed by atoms with Crippen molar-refractivity contribution in [3.05, 3.63) is 41.2 Å². The first-order valence-electron chi connectivity index (χ1n) is 7.55. The van der Waals surface area contributed by atoms with Gasteiger partial charge in [-0.15, -0.1) is 5.10 Å². The Bertz CT molecular complexity index is 752. The van der Waals surface area contributed by atoms with E-state index in [1.807, 2.05) is 26.0 Å². The van der Waals surface area contributed by atoms with E-state index in [2.05, 4.69) is 20.5 Å². The van der Waals surface area contributed by atoms with Crippen molar-refractivity contribution in [3.63, 3.8) is 0 Å². The molecule has 1 atom stereocenters. The van der Waals surface area contributed by atoms with Gasteiger partial charge in [0.25, 0.3) is 5.91 Å². The van der Waals surface area contributed by atoms with Gasteiger partial charge in [-0.25, -0.2) is 0 Å². The molecule has 1 aliphatic rings. The number of anilines is 1. The van der Waals surface area contributed by atoms with Gasteiger partial charge in [0, 0.05) is 25.1 Å². The number of hydrogen-bond acceptors (Lipinski definition) is 4. The Labute approximate surface area is 134 Å². The molecule has 0 fully saturated rings. The van der Waals surface area contributed by atoms with Crippen LogP contribution in [0.15, 0.2) is 24.3 Å². The van der Waals surface area contributed by atoms with Crippen LogP contribution >= 0.6 is 0 Å². The van der Waals surface area contributed by atoms with Crippen molar-refractivity contribution in [1.29, 1.82) is 0 Å². The third kappa shape index (κ3) is 2.81. The van der Waals surface area contributed by atoms with E-state index in [0.717, 1.165) is 11.4 Å². The van der Waals surface area contributed by atoms with Crippen LogP contribution in [0, 0.1) is 0 Å². The molecule has 0 saturated heterocycles. The van der Waals surface area contributed by atoms with Gasteiger partial charge in [0.2, 0.25) is 11.9 Å². The second-order valence-corrected chi connectivity index (χ2v) is 6.01. The molecule has 2 amide bonds. The SMILES string of the molecule is CC(C)c1nc(NC(=O)C2CN(C)C(=O)c3ccccc32)n[nH]1. The van der Waals surface area contributed by atoms with Crippen LogP contribution in [-0.4, -0.2) is 45.5 Å². The first-order valence-corrected chi connectivity index (χ1v) is 7.55. The lowest BCUT2D eigenvalue weighted by Crippen LogP contribution is -2.41. The van der Waals surface area contributed by atoms with Crippen molar-refractivity contribution >= 4 is 17.8 Å². The molecule has 0 bridgehead atoms. The van der Waals surface area contributed by atoms with Gasteiger partial charge in [-0.2, -0.15) is 4.98 Å². The average Bonchev–Trinajstić information content (AvgIpc) is 2.99. The molecular formula is C16H19N5O2. The molecule has 0 saturated carbocycles. The quantitative estimate of drug-likeness (QED) is 0.903. The summed E-state index contributed by atoms with van der Waals surface area (Å²) in [4.78, 5) is 30.6. The van der Waals surface area contributed by atoms with E-state index < -0.39 is 5.92 Å². The van der Waals surface area contributed by atoms with Crippen LogP contribution in [0.4, 0.5) is 5.95 Å². The Morgan fingerprint density at radius 1 is 1.39 bits per heavy atom. The van der Waals surface area contributed by atoms with Crippen molar-refractivity contribution in [3.8, 4) is 0 Å². The molecule has 120 valence electrons. The van der Waals surface area contributed by atoms with Gasteiger partial charge < -0.3 is 4.90 Å². The minimum absolute atomic E-state index is 0.0651. The van der Waals surface area contributed by atoms with Crippen molar-refractivity contribution in [1.82, 2.24) is 20.1 Å². The number of likely N-dealkylation sites (N-methyl/N-ethyl adjacent to an activating group) is 1. The Kier molecular flexibility index (Phi) is 3.85. The highest BCUT2D eigenvalue weighted by Gasteiger charge is 2.33. The number of carbonyl (C=O) groups is 2. The van der Waals surface area contributed by atoms with Crippen LogP contribution in [0.1, 0.15) is 47.4 Å². The number of nitrogens with one attached hydrogen (secondary N) is 2. The van der Waals surface area contributed by atoms with E-state index in [-0.39, 0.29) is 23.7 Å². The molecule has 2 heterocycles. The summed E-state index contributed by atoms with van der Waals surface area (Å²) < 4.78 is 0. The Balaban J connectivity index is 1.84. The van der Waals surface area contributed by atoms with Crippen LogP contribution < -0.4 is 5.32 Å². The number of aromatic nitrogens is 3. The lowest BCUT2D eigenvalue weighted by molar-refractivity contribution is -0.118. The second kappa shape index (κ2) is 5.83. The number of amides is 2. The van der Waals surface area contributed by atoms with Crippen LogP contribution in [0.25, 0.3) is 0 Å². The number of benzene rings is 1. The van der Waals surface area contributed by atoms with Gasteiger partial charge in [0.1, 0.15) is 5.82 Å². The molecule has 1 aliphatic heterocycles. The average molecular weight is 313 g/mol. The maximum atomic E-state index is 12.6. The number of fused-ring (bicyclic) bond motifs is 1. The van der Waals surface area contributed by atoms with E-state index in [1.165, 1.54) is 0 Å². The largest absolute Gasteiger partial charge is 0.341 e. The highest BCUT2D eigenvalue weighted by Crippen LogP contribution is 2.28. The normalized spacial score (nSPS) is 17.3. The zero-order valence-electron chi connectivity index (χ0n) is 13.3. The predicted octanol–water partition coefficient (Wildman–Crippen LogP) is 1.74. The lowest BCUT2D eigenvalue weighted by atomic mass is 9.89. The third-order valence-corrected chi connectivity index (χ3v) is 3.97. The highest BCUT2D eigenvalue weighted by atomic mass is 16.2. The number of nitrogens with zero attached hydrogens (tertiary/aromatic N) is 3. The first kappa shape index (κ1) is 15.2. The molecule has 1 aromatic carbocycles. The second-order valence-electron chi connectivity index (χ2n) is 6.01. The van der Waals surface area contributed by atoms with Crippen molar-refractivity contribution in [2.75, 3.05) is 18.9 Å². The molecule has 3 rings (SSSR count). The summed E-state index contributed by atoms with van der Waals surface area (Å²) in [7, 11) is 1.70. The summed E-state index contributed by atoms with van der Waals surface area (Å²) >= 11 is 0. The fourth-order valence-electron chi connectivity index (χ4n) is 2.67. The van der Waals surface area contributed by atoms with Crippen molar-refractivity contribution < 1.29 is 9.59 Å². The maximum absolute atomic E-state index is 12.6. The fourth-order valence-corrected chi connectivity index (χ4v) is 2.67.